The predicted molar refractivity (Wildman–Crippen MR) is 261 cm³/mol. The van der Waals surface area contributed by atoms with Gasteiger partial charge in [0.1, 0.15) is 12.1 Å². The molecule has 3 amide bonds. The Hall–Kier alpha value is -5.05. The van der Waals surface area contributed by atoms with E-state index in [1.807, 2.05) is 59.7 Å². The average molecular weight is 939 g/mol. The molecule has 4 aliphatic rings. The van der Waals surface area contributed by atoms with Gasteiger partial charge in [0.05, 0.1) is 61.0 Å². The standard InChI is InChI=1S/C52H74N8O8/c1-12-59-44-18-17-35-25-39(44)40(47(59)38-15-13-21-53-46(38)34(4)65-11)27-51(5,6)32-68-50(64)42-16-14-22-60(55-42)49(63)43(26-36-28-57(35)23-24-66-36)54-48(62)41(33(2)3)31-67-37-29-58(30-37)45(61)19-20-52(7,8)56(9)10/h13,15,17-18,21,25,33-34,36-37,41-43,55H,12,14,16,22-24,26-32H2,1-11H3,(H,54,62)/t34?,36-,41-,42-,43-/m0/s1. The van der Waals surface area contributed by atoms with E-state index in [0.717, 1.165) is 45.6 Å². The summed E-state index contributed by atoms with van der Waals surface area (Å²) in [5.41, 5.74) is 8.44. The number of hydrazine groups is 1. The number of carbonyl (C=O) groups is 4. The maximum absolute atomic E-state index is 14.7. The van der Waals surface area contributed by atoms with Crippen molar-refractivity contribution < 1.29 is 38.1 Å². The molecule has 4 aliphatic heterocycles. The molecule has 1 unspecified atom stereocenters. The fourth-order valence-corrected chi connectivity index (χ4v) is 9.45. The van der Waals surface area contributed by atoms with Crippen LogP contribution in [0.2, 0.25) is 0 Å². The Bertz CT molecular complexity index is 2380. The molecule has 1 aromatic carbocycles. The van der Waals surface area contributed by atoms with Gasteiger partial charge in [-0.05, 0) is 109 Å². The Labute approximate surface area is 402 Å². The molecule has 3 aromatic rings. The van der Waals surface area contributed by atoms with Crippen molar-refractivity contribution in [2.75, 3.05) is 78.6 Å². The monoisotopic (exact) mass is 939 g/mol. The van der Waals surface area contributed by atoms with Gasteiger partial charge in [0.25, 0.3) is 11.8 Å². The number of anilines is 1. The van der Waals surface area contributed by atoms with Gasteiger partial charge in [-0.3, -0.25) is 34.1 Å². The molecule has 7 rings (SSSR count). The van der Waals surface area contributed by atoms with Crippen molar-refractivity contribution in [1.82, 2.24) is 35.1 Å². The van der Waals surface area contributed by atoms with Crippen molar-refractivity contribution in [3.05, 3.63) is 47.8 Å². The molecule has 0 aliphatic carbocycles. The first-order chi connectivity index (χ1) is 32.3. The Morgan fingerprint density at radius 2 is 1.87 bits per heavy atom. The van der Waals surface area contributed by atoms with Crippen molar-refractivity contribution in [2.45, 2.75) is 124 Å². The first-order valence-corrected chi connectivity index (χ1v) is 24.5. The number of fused-ring (bicyclic) bond motifs is 6. The summed E-state index contributed by atoms with van der Waals surface area (Å²) >= 11 is 0. The molecule has 0 saturated carbocycles. The van der Waals surface area contributed by atoms with E-state index in [9.17, 15) is 19.2 Å². The molecule has 2 aromatic heterocycles. The molecule has 5 atom stereocenters. The molecule has 3 fully saturated rings. The van der Waals surface area contributed by atoms with Crippen LogP contribution in [0.4, 0.5) is 5.69 Å². The summed E-state index contributed by atoms with van der Waals surface area (Å²) < 4.78 is 27.0. The van der Waals surface area contributed by atoms with Crippen molar-refractivity contribution in [3.8, 4) is 23.1 Å². The molecule has 0 radical (unpaired) electrons. The molecular weight excluding hydrogens is 865 g/mol. The van der Waals surface area contributed by atoms with Crippen molar-refractivity contribution in [2.24, 2.45) is 17.3 Å². The topological polar surface area (TPSA) is 160 Å². The second kappa shape index (κ2) is 21.3. The second-order valence-electron chi connectivity index (χ2n) is 20.8. The summed E-state index contributed by atoms with van der Waals surface area (Å²) in [5.74, 6) is 3.80. The van der Waals surface area contributed by atoms with Gasteiger partial charge >= 0.3 is 5.97 Å². The third kappa shape index (κ3) is 11.3. The lowest BCUT2D eigenvalue weighted by atomic mass is 9.84. The zero-order chi connectivity index (χ0) is 49.1. The number of amides is 3. The maximum atomic E-state index is 14.7. The van der Waals surface area contributed by atoms with E-state index >= 15 is 0 Å². The summed E-state index contributed by atoms with van der Waals surface area (Å²) in [5, 5.41) is 5.71. The van der Waals surface area contributed by atoms with Crippen LogP contribution in [0.15, 0.2) is 36.5 Å². The number of ether oxygens (including phenoxy) is 4. The number of methoxy groups -OCH3 is 1. The molecule has 16 nitrogen and oxygen atoms in total. The summed E-state index contributed by atoms with van der Waals surface area (Å²) in [6.45, 7) is 20.0. The normalized spacial score (nSPS) is 22.5. The van der Waals surface area contributed by atoms with Gasteiger partial charge in [0.15, 0.2) is 0 Å². The largest absolute Gasteiger partial charge is 0.464 e. The zero-order valence-corrected chi connectivity index (χ0v) is 42.1. The van der Waals surface area contributed by atoms with E-state index in [-0.39, 0.29) is 55.5 Å². The van der Waals surface area contributed by atoms with Gasteiger partial charge in [-0.1, -0.05) is 33.6 Å². The Morgan fingerprint density at radius 1 is 1.10 bits per heavy atom. The molecular formula is C52H74N8O8. The summed E-state index contributed by atoms with van der Waals surface area (Å²) in [7, 11) is 5.54. The number of cyclic esters (lactones) is 1. The number of nitrogens with zero attached hydrogens (tertiary/aromatic N) is 6. The Balaban J connectivity index is 1.16. The third-order valence-electron chi connectivity index (χ3n) is 14.3. The SMILES string of the molecule is CCn1c(-c2cccnc2C(C)OC)c2c3cc(ccc31)N1CCO[C@@H](C[C@H](NC(=O)[C@@H](COC3CN(C(=O)C#CC(C)(C)N(C)C)C3)C(C)C)C(=O)N3CCC[C@H](N3)C(=O)OCC(C)(C)C2)C1. The van der Waals surface area contributed by atoms with Crippen LogP contribution in [0.1, 0.15) is 92.0 Å². The fourth-order valence-electron chi connectivity index (χ4n) is 9.45. The smallest absolute Gasteiger partial charge is 0.324 e. The minimum absolute atomic E-state index is 0.116. The molecule has 2 N–H and O–H groups in total. The quantitative estimate of drug-likeness (QED) is 0.197. The van der Waals surface area contributed by atoms with Gasteiger partial charge < -0.3 is 38.6 Å². The zero-order valence-electron chi connectivity index (χ0n) is 42.1. The summed E-state index contributed by atoms with van der Waals surface area (Å²) in [4.78, 5) is 66.5. The number of aromatic nitrogens is 2. The molecule has 370 valence electrons. The minimum atomic E-state index is -0.964. The van der Waals surface area contributed by atoms with Gasteiger partial charge in [0.2, 0.25) is 5.91 Å². The number of nitrogens with one attached hydrogen (secondary N) is 2. The van der Waals surface area contributed by atoms with Crippen molar-refractivity contribution in [1.29, 1.82) is 0 Å². The van der Waals surface area contributed by atoms with Gasteiger partial charge in [-0.25, -0.2) is 5.43 Å². The lowest BCUT2D eigenvalue weighted by molar-refractivity contribution is -0.156. The number of benzene rings is 1. The number of aryl methyl sites for hydroxylation is 1. The highest BCUT2D eigenvalue weighted by atomic mass is 16.5. The van der Waals surface area contributed by atoms with Crippen LogP contribution in [0.5, 0.6) is 0 Å². The van der Waals surface area contributed by atoms with Crippen LogP contribution in [-0.2, 0) is 51.1 Å². The van der Waals surface area contributed by atoms with Gasteiger partial charge in [-0.15, -0.1) is 0 Å². The number of hydrogen-bond donors (Lipinski definition) is 2. The Kier molecular flexibility index (Phi) is 15.9. The average Bonchev–Trinajstić information content (AvgIpc) is 3.60. The molecule has 3 saturated heterocycles. The highest BCUT2D eigenvalue weighted by Gasteiger charge is 2.39. The third-order valence-corrected chi connectivity index (χ3v) is 14.3. The lowest BCUT2D eigenvalue weighted by Gasteiger charge is -2.39. The first kappa shape index (κ1) is 50.8. The number of rotatable bonds is 11. The Morgan fingerprint density at radius 3 is 2.57 bits per heavy atom. The van der Waals surface area contributed by atoms with E-state index in [4.69, 9.17) is 23.9 Å². The van der Waals surface area contributed by atoms with Crippen LogP contribution < -0.4 is 15.6 Å². The summed E-state index contributed by atoms with van der Waals surface area (Å²) in [6.07, 6.45) is 2.83. The summed E-state index contributed by atoms with van der Waals surface area (Å²) in [6, 6.07) is 8.98. The van der Waals surface area contributed by atoms with Crippen LogP contribution in [-0.4, -0.2) is 152 Å². The van der Waals surface area contributed by atoms with Crippen LogP contribution >= 0.6 is 0 Å². The van der Waals surface area contributed by atoms with Gasteiger partial charge in [-0.2, -0.15) is 0 Å². The van der Waals surface area contributed by atoms with Crippen molar-refractivity contribution in [3.63, 3.8) is 0 Å². The van der Waals surface area contributed by atoms with E-state index in [2.05, 4.69) is 77.1 Å². The number of hydrogen-bond acceptors (Lipinski definition) is 12. The van der Waals surface area contributed by atoms with E-state index in [1.54, 1.807) is 18.2 Å². The molecule has 6 heterocycles. The molecule has 68 heavy (non-hydrogen) atoms. The lowest BCUT2D eigenvalue weighted by Crippen LogP contribution is -2.61. The van der Waals surface area contributed by atoms with Crippen molar-refractivity contribution >= 4 is 40.3 Å². The van der Waals surface area contributed by atoms with E-state index in [0.29, 0.717) is 58.6 Å². The number of esters is 1. The highest BCUT2D eigenvalue weighted by Crippen LogP contribution is 2.42. The van der Waals surface area contributed by atoms with E-state index in [1.165, 1.54) is 5.01 Å². The number of morpholine rings is 1. The first-order valence-electron chi connectivity index (χ1n) is 24.5. The number of carbonyl (C=O) groups excluding carboxylic acids is 4. The highest BCUT2D eigenvalue weighted by molar-refractivity contribution is 5.95. The predicted octanol–water partition coefficient (Wildman–Crippen LogP) is 4.98. The second-order valence-corrected chi connectivity index (χ2v) is 20.8. The van der Waals surface area contributed by atoms with E-state index < -0.39 is 41.0 Å². The van der Waals surface area contributed by atoms with Crippen LogP contribution in [0.25, 0.3) is 22.2 Å². The fraction of sp³-hybridized carbons (Fsp3) is 0.635. The van der Waals surface area contributed by atoms with Gasteiger partial charge in [0, 0.05) is 86.6 Å². The van der Waals surface area contributed by atoms with Crippen LogP contribution in [0, 0.1) is 29.1 Å². The molecule has 16 heteroatoms. The number of likely N-dealkylation sites (tertiary alicyclic amines) is 1. The minimum Gasteiger partial charge on any atom is -0.464 e. The molecule has 6 bridgehead atoms. The number of pyridine rings is 1. The van der Waals surface area contributed by atoms with Crippen LogP contribution in [0.3, 0.4) is 0 Å². The molecule has 0 spiro atoms. The maximum Gasteiger partial charge on any atom is 0.324 e.